The van der Waals surface area contributed by atoms with Crippen molar-refractivity contribution in [2.75, 3.05) is 33.4 Å². The molecule has 2 rings (SSSR count). The summed E-state index contributed by atoms with van der Waals surface area (Å²) in [6, 6.07) is 0.427. The van der Waals surface area contributed by atoms with Crippen LogP contribution in [0.15, 0.2) is 0 Å². The Morgan fingerprint density at radius 1 is 1.33 bits per heavy atom. The van der Waals surface area contributed by atoms with Crippen LogP contribution >= 0.6 is 0 Å². The van der Waals surface area contributed by atoms with Gasteiger partial charge < -0.3 is 19.7 Å². The Hall–Kier alpha value is -0.650. The van der Waals surface area contributed by atoms with E-state index in [2.05, 4.69) is 19.2 Å². The normalized spacial score (nSPS) is 36.1. The van der Waals surface area contributed by atoms with Gasteiger partial charge in [0.15, 0.2) is 0 Å². The number of methoxy groups -OCH3 is 1. The monoisotopic (exact) mass is 298 g/mol. The van der Waals surface area contributed by atoms with E-state index >= 15 is 0 Å². The summed E-state index contributed by atoms with van der Waals surface area (Å²) in [6.45, 7) is 9.30. The zero-order valence-electron chi connectivity index (χ0n) is 13.8. The third-order valence-corrected chi connectivity index (χ3v) is 5.01. The number of hydrogen-bond acceptors (Lipinski definition) is 4. The molecular weight excluding hydrogens is 268 g/mol. The third kappa shape index (κ3) is 3.96. The summed E-state index contributed by atoms with van der Waals surface area (Å²) in [5.41, 5.74) is 0. The molecule has 0 radical (unpaired) electrons. The van der Waals surface area contributed by atoms with Crippen LogP contribution in [0.4, 0.5) is 0 Å². The SMILES string of the molecule is COCCN(CC1CCCN1)C(=O)C1C(C)OC(C)C1C. The smallest absolute Gasteiger partial charge is 0.228 e. The molecule has 2 saturated heterocycles. The van der Waals surface area contributed by atoms with E-state index in [0.29, 0.717) is 19.2 Å². The van der Waals surface area contributed by atoms with Crippen LogP contribution in [0, 0.1) is 11.8 Å². The molecule has 0 saturated carbocycles. The van der Waals surface area contributed by atoms with E-state index in [1.54, 1.807) is 7.11 Å². The predicted octanol–water partition coefficient (Wildman–Crippen LogP) is 1.27. The molecule has 1 amide bonds. The van der Waals surface area contributed by atoms with Gasteiger partial charge in [0, 0.05) is 26.2 Å². The molecule has 2 aliphatic heterocycles. The number of amides is 1. The van der Waals surface area contributed by atoms with Crippen LogP contribution in [0.25, 0.3) is 0 Å². The molecule has 122 valence electrons. The zero-order valence-corrected chi connectivity index (χ0v) is 13.8. The second kappa shape index (κ2) is 7.56. The fourth-order valence-electron chi connectivity index (χ4n) is 3.57. The van der Waals surface area contributed by atoms with Crippen LogP contribution in [0.2, 0.25) is 0 Å². The van der Waals surface area contributed by atoms with E-state index in [9.17, 15) is 4.79 Å². The van der Waals surface area contributed by atoms with Gasteiger partial charge in [0.05, 0.1) is 24.7 Å². The van der Waals surface area contributed by atoms with Crippen LogP contribution in [0.1, 0.15) is 33.6 Å². The van der Waals surface area contributed by atoms with Crippen LogP contribution in [0.3, 0.4) is 0 Å². The van der Waals surface area contributed by atoms with Gasteiger partial charge in [-0.15, -0.1) is 0 Å². The number of ether oxygens (including phenoxy) is 2. The molecule has 2 heterocycles. The number of hydrogen-bond donors (Lipinski definition) is 1. The van der Waals surface area contributed by atoms with Crippen molar-refractivity contribution in [3.63, 3.8) is 0 Å². The summed E-state index contributed by atoms with van der Waals surface area (Å²) < 4.78 is 11.0. The maximum atomic E-state index is 13.0. The molecule has 0 spiro atoms. The maximum absolute atomic E-state index is 13.0. The Bertz CT molecular complexity index is 344. The average molecular weight is 298 g/mol. The molecule has 0 aromatic rings. The topological polar surface area (TPSA) is 50.8 Å². The average Bonchev–Trinajstić information content (AvgIpc) is 3.03. The van der Waals surface area contributed by atoms with Crippen molar-refractivity contribution in [1.82, 2.24) is 10.2 Å². The molecule has 5 heteroatoms. The van der Waals surface area contributed by atoms with E-state index in [1.807, 2.05) is 11.8 Å². The third-order valence-electron chi connectivity index (χ3n) is 5.01. The predicted molar refractivity (Wildman–Crippen MR) is 82.1 cm³/mol. The van der Waals surface area contributed by atoms with Gasteiger partial charge >= 0.3 is 0 Å². The highest BCUT2D eigenvalue weighted by Crippen LogP contribution is 2.33. The van der Waals surface area contributed by atoms with Crippen molar-refractivity contribution in [2.24, 2.45) is 11.8 Å². The fraction of sp³-hybridized carbons (Fsp3) is 0.938. The summed E-state index contributed by atoms with van der Waals surface area (Å²) in [4.78, 5) is 14.9. The summed E-state index contributed by atoms with van der Waals surface area (Å²) in [6.07, 6.45) is 2.51. The summed E-state index contributed by atoms with van der Waals surface area (Å²) in [7, 11) is 1.68. The molecule has 5 nitrogen and oxygen atoms in total. The van der Waals surface area contributed by atoms with Crippen molar-refractivity contribution < 1.29 is 14.3 Å². The number of carbonyl (C=O) groups excluding carboxylic acids is 1. The minimum absolute atomic E-state index is 0.00378. The number of nitrogens with zero attached hydrogens (tertiary/aromatic N) is 1. The van der Waals surface area contributed by atoms with E-state index in [1.165, 1.54) is 6.42 Å². The lowest BCUT2D eigenvalue weighted by atomic mass is 9.88. The Morgan fingerprint density at radius 3 is 2.62 bits per heavy atom. The van der Waals surface area contributed by atoms with E-state index in [4.69, 9.17) is 9.47 Å². The van der Waals surface area contributed by atoms with Gasteiger partial charge in [0.2, 0.25) is 5.91 Å². The highest BCUT2D eigenvalue weighted by Gasteiger charge is 2.43. The number of rotatable bonds is 6. The van der Waals surface area contributed by atoms with Crippen molar-refractivity contribution in [3.8, 4) is 0 Å². The first-order valence-corrected chi connectivity index (χ1v) is 8.21. The van der Waals surface area contributed by atoms with Crippen LogP contribution in [-0.4, -0.2) is 62.4 Å². The van der Waals surface area contributed by atoms with E-state index in [-0.39, 0.29) is 30.0 Å². The lowest BCUT2D eigenvalue weighted by molar-refractivity contribution is -0.139. The first-order chi connectivity index (χ1) is 10.0. The first-order valence-electron chi connectivity index (χ1n) is 8.21. The van der Waals surface area contributed by atoms with Gasteiger partial charge in [-0.05, 0) is 39.2 Å². The van der Waals surface area contributed by atoms with Crippen molar-refractivity contribution in [2.45, 2.75) is 51.9 Å². The lowest BCUT2D eigenvalue weighted by Crippen LogP contribution is -2.47. The molecule has 5 atom stereocenters. The minimum atomic E-state index is -0.0294. The Labute approximate surface area is 128 Å². The molecular formula is C16H30N2O3. The molecule has 2 fully saturated rings. The Morgan fingerprint density at radius 2 is 2.10 bits per heavy atom. The summed E-state index contributed by atoms with van der Waals surface area (Å²) in [5, 5.41) is 3.47. The number of carbonyl (C=O) groups is 1. The molecule has 0 bridgehead atoms. The molecule has 2 aliphatic rings. The van der Waals surface area contributed by atoms with Gasteiger partial charge in [-0.1, -0.05) is 6.92 Å². The van der Waals surface area contributed by atoms with Crippen LogP contribution in [-0.2, 0) is 14.3 Å². The molecule has 0 aromatic carbocycles. The lowest BCUT2D eigenvalue weighted by Gasteiger charge is -2.30. The molecule has 0 aromatic heterocycles. The molecule has 5 unspecified atom stereocenters. The van der Waals surface area contributed by atoms with Crippen molar-refractivity contribution in [1.29, 1.82) is 0 Å². The highest BCUT2D eigenvalue weighted by atomic mass is 16.5. The van der Waals surface area contributed by atoms with Crippen molar-refractivity contribution >= 4 is 5.91 Å². The highest BCUT2D eigenvalue weighted by molar-refractivity contribution is 5.80. The summed E-state index contributed by atoms with van der Waals surface area (Å²) >= 11 is 0. The van der Waals surface area contributed by atoms with E-state index in [0.717, 1.165) is 19.5 Å². The van der Waals surface area contributed by atoms with Gasteiger partial charge in [-0.2, -0.15) is 0 Å². The van der Waals surface area contributed by atoms with Gasteiger partial charge in [-0.3, -0.25) is 4.79 Å². The van der Waals surface area contributed by atoms with Crippen LogP contribution < -0.4 is 5.32 Å². The zero-order chi connectivity index (χ0) is 15.4. The largest absolute Gasteiger partial charge is 0.383 e. The second-order valence-corrected chi connectivity index (χ2v) is 6.50. The van der Waals surface area contributed by atoms with Gasteiger partial charge in [0.1, 0.15) is 0 Å². The van der Waals surface area contributed by atoms with E-state index < -0.39 is 0 Å². The van der Waals surface area contributed by atoms with Crippen molar-refractivity contribution in [3.05, 3.63) is 0 Å². The molecule has 0 aliphatic carbocycles. The van der Waals surface area contributed by atoms with Gasteiger partial charge in [0.25, 0.3) is 0 Å². The standard InChI is InChI=1S/C16H30N2O3/c1-11-12(2)21-13(3)15(11)16(19)18(8-9-20-4)10-14-6-5-7-17-14/h11-15,17H,5-10H2,1-4H3. The van der Waals surface area contributed by atoms with Gasteiger partial charge in [-0.25, -0.2) is 0 Å². The minimum Gasteiger partial charge on any atom is -0.383 e. The molecule has 21 heavy (non-hydrogen) atoms. The Kier molecular flexibility index (Phi) is 6.02. The second-order valence-electron chi connectivity index (χ2n) is 6.50. The quantitative estimate of drug-likeness (QED) is 0.802. The molecule has 1 N–H and O–H groups in total. The number of nitrogens with one attached hydrogen (secondary N) is 1. The Balaban J connectivity index is 2.01. The first kappa shape index (κ1) is 16.7. The maximum Gasteiger partial charge on any atom is 0.228 e. The fourth-order valence-corrected chi connectivity index (χ4v) is 3.57. The summed E-state index contributed by atoms with van der Waals surface area (Å²) in [5.74, 6) is 0.470. The van der Waals surface area contributed by atoms with Crippen LogP contribution in [0.5, 0.6) is 0 Å².